The van der Waals surface area contributed by atoms with Gasteiger partial charge in [-0.25, -0.2) is 8.42 Å². The van der Waals surface area contributed by atoms with Crippen molar-refractivity contribution in [2.24, 2.45) is 0 Å². The maximum atomic E-state index is 13.0. The normalized spacial score (nSPS) is 16.1. The molecule has 0 aromatic heterocycles. The summed E-state index contributed by atoms with van der Waals surface area (Å²) >= 11 is 6.07. The Labute approximate surface area is 177 Å². The van der Waals surface area contributed by atoms with Crippen molar-refractivity contribution in [1.82, 2.24) is 4.31 Å². The Morgan fingerprint density at radius 1 is 1.00 bits per heavy atom. The molecule has 0 saturated carbocycles. The molecule has 0 unspecified atom stereocenters. The molecule has 0 bridgehead atoms. The largest absolute Gasteiger partial charge is 0.416 e. The summed E-state index contributed by atoms with van der Waals surface area (Å²) < 4.78 is 65.9. The van der Waals surface area contributed by atoms with Gasteiger partial charge in [0.15, 0.2) is 0 Å². The molecule has 1 aliphatic rings. The maximum absolute atomic E-state index is 13.0. The highest BCUT2D eigenvalue weighted by atomic mass is 35.5. The van der Waals surface area contributed by atoms with E-state index in [1.54, 1.807) is 0 Å². The van der Waals surface area contributed by atoms with Gasteiger partial charge in [-0.05, 0) is 49.2 Å². The predicted octanol–water partition coefficient (Wildman–Crippen LogP) is 5.18. The van der Waals surface area contributed by atoms with Crippen LogP contribution in [-0.4, -0.2) is 31.7 Å². The molecule has 30 heavy (non-hydrogen) atoms. The Morgan fingerprint density at radius 2 is 1.67 bits per heavy atom. The molecule has 0 radical (unpaired) electrons. The Balaban J connectivity index is 1.87. The van der Waals surface area contributed by atoms with Crippen LogP contribution in [0, 0.1) is 0 Å². The van der Waals surface area contributed by atoms with Crippen LogP contribution in [0.1, 0.15) is 41.6 Å². The summed E-state index contributed by atoms with van der Waals surface area (Å²) in [6.45, 7) is 0.799. The molecular weight excluding hydrogens is 441 g/mol. The van der Waals surface area contributed by atoms with Crippen LogP contribution in [0.3, 0.4) is 0 Å². The van der Waals surface area contributed by atoms with Gasteiger partial charge in [-0.2, -0.15) is 17.5 Å². The Morgan fingerprint density at radius 3 is 2.30 bits per heavy atom. The van der Waals surface area contributed by atoms with E-state index in [2.05, 4.69) is 5.32 Å². The van der Waals surface area contributed by atoms with Crippen LogP contribution in [0.15, 0.2) is 47.4 Å². The van der Waals surface area contributed by atoms with E-state index >= 15 is 0 Å². The summed E-state index contributed by atoms with van der Waals surface area (Å²) in [6, 6.07) is 7.93. The van der Waals surface area contributed by atoms with Crippen molar-refractivity contribution in [1.29, 1.82) is 0 Å². The molecule has 0 atom stereocenters. The molecule has 1 saturated heterocycles. The van der Waals surface area contributed by atoms with Gasteiger partial charge in [0, 0.05) is 18.8 Å². The van der Waals surface area contributed by atoms with Crippen LogP contribution in [0.2, 0.25) is 5.02 Å². The van der Waals surface area contributed by atoms with Crippen LogP contribution in [0.25, 0.3) is 0 Å². The van der Waals surface area contributed by atoms with Crippen molar-refractivity contribution >= 4 is 33.2 Å². The Kier molecular flexibility index (Phi) is 6.74. The third kappa shape index (κ3) is 5.14. The quantitative estimate of drug-likeness (QED) is 0.684. The van der Waals surface area contributed by atoms with Gasteiger partial charge < -0.3 is 5.32 Å². The SMILES string of the molecule is O=C(Nc1cccc(C(F)(F)F)c1)c1cc(S(=O)(=O)N2CCCCCC2)ccc1Cl. The van der Waals surface area contributed by atoms with E-state index < -0.39 is 27.7 Å². The number of anilines is 1. The van der Waals surface area contributed by atoms with Crippen molar-refractivity contribution in [2.75, 3.05) is 18.4 Å². The summed E-state index contributed by atoms with van der Waals surface area (Å²) in [4.78, 5) is 12.5. The Hall–Kier alpha value is -2.10. The first-order valence-electron chi connectivity index (χ1n) is 9.37. The molecule has 2 aromatic rings. The summed E-state index contributed by atoms with van der Waals surface area (Å²) in [7, 11) is -3.81. The number of carbonyl (C=O) groups excluding carboxylic acids is 1. The highest BCUT2D eigenvalue weighted by molar-refractivity contribution is 7.89. The van der Waals surface area contributed by atoms with Crippen molar-refractivity contribution < 1.29 is 26.4 Å². The second kappa shape index (κ2) is 8.95. The van der Waals surface area contributed by atoms with E-state index in [-0.39, 0.29) is 21.2 Å². The van der Waals surface area contributed by atoms with Crippen molar-refractivity contribution in [2.45, 2.75) is 36.8 Å². The maximum Gasteiger partial charge on any atom is 0.416 e. The average Bonchev–Trinajstić information content (AvgIpc) is 2.98. The first kappa shape index (κ1) is 22.6. The third-order valence-electron chi connectivity index (χ3n) is 4.83. The number of sulfonamides is 1. The van der Waals surface area contributed by atoms with Crippen molar-refractivity contribution in [3.8, 4) is 0 Å². The van der Waals surface area contributed by atoms with E-state index in [1.165, 1.54) is 28.6 Å². The summed E-state index contributed by atoms with van der Waals surface area (Å²) in [5.74, 6) is -0.799. The minimum absolute atomic E-state index is 0.00528. The number of nitrogens with zero attached hydrogens (tertiary/aromatic N) is 1. The van der Waals surface area contributed by atoms with E-state index in [1.807, 2.05) is 0 Å². The Bertz CT molecular complexity index is 1030. The zero-order valence-corrected chi connectivity index (χ0v) is 17.4. The first-order valence-corrected chi connectivity index (χ1v) is 11.2. The van der Waals surface area contributed by atoms with Gasteiger partial charge in [0.1, 0.15) is 0 Å². The fourth-order valence-electron chi connectivity index (χ4n) is 3.24. The van der Waals surface area contributed by atoms with Gasteiger partial charge in [0.2, 0.25) is 10.0 Å². The topological polar surface area (TPSA) is 66.5 Å². The van der Waals surface area contributed by atoms with E-state index in [0.717, 1.165) is 43.9 Å². The number of amides is 1. The van der Waals surface area contributed by atoms with Crippen molar-refractivity contribution in [3.63, 3.8) is 0 Å². The first-order chi connectivity index (χ1) is 14.1. The summed E-state index contributed by atoms with van der Waals surface area (Å²) in [5, 5.41) is 2.34. The highest BCUT2D eigenvalue weighted by Crippen LogP contribution is 2.31. The van der Waals surface area contributed by atoms with Gasteiger partial charge in [-0.3, -0.25) is 4.79 Å². The van der Waals surface area contributed by atoms with Crippen LogP contribution in [-0.2, 0) is 16.2 Å². The molecule has 3 rings (SSSR count). The van der Waals surface area contributed by atoms with Gasteiger partial charge in [-0.1, -0.05) is 30.5 Å². The smallest absolute Gasteiger partial charge is 0.322 e. The fraction of sp³-hybridized carbons (Fsp3) is 0.350. The minimum Gasteiger partial charge on any atom is -0.322 e. The molecule has 0 aliphatic carbocycles. The number of hydrogen-bond donors (Lipinski definition) is 1. The lowest BCUT2D eigenvalue weighted by atomic mass is 10.1. The average molecular weight is 461 g/mol. The van der Waals surface area contributed by atoms with Gasteiger partial charge >= 0.3 is 6.18 Å². The lowest BCUT2D eigenvalue weighted by molar-refractivity contribution is -0.137. The number of nitrogens with one attached hydrogen (secondary N) is 1. The van der Waals surface area contributed by atoms with Crippen LogP contribution < -0.4 is 5.32 Å². The lowest BCUT2D eigenvalue weighted by Crippen LogP contribution is -2.32. The molecule has 10 heteroatoms. The summed E-state index contributed by atoms with van der Waals surface area (Å²) in [6.07, 6.45) is -1.13. The molecule has 0 spiro atoms. The molecule has 1 fully saturated rings. The highest BCUT2D eigenvalue weighted by Gasteiger charge is 2.31. The molecule has 1 aliphatic heterocycles. The predicted molar refractivity (Wildman–Crippen MR) is 108 cm³/mol. The lowest BCUT2D eigenvalue weighted by Gasteiger charge is -2.20. The second-order valence-corrected chi connectivity index (χ2v) is 9.34. The standard InChI is InChI=1S/C20H20ClF3N2O3S/c21-18-9-8-16(30(28,29)26-10-3-1-2-4-11-26)13-17(18)19(27)25-15-7-5-6-14(12-15)20(22,23)24/h5-9,12-13H,1-4,10-11H2,(H,25,27). The van der Waals surface area contributed by atoms with E-state index in [4.69, 9.17) is 11.6 Å². The van der Waals surface area contributed by atoms with Gasteiger partial charge in [0.25, 0.3) is 5.91 Å². The molecule has 162 valence electrons. The molecular formula is C20H20ClF3N2O3S. The number of benzene rings is 2. The fourth-order valence-corrected chi connectivity index (χ4v) is 4.99. The molecule has 2 aromatic carbocycles. The molecule has 5 nitrogen and oxygen atoms in total. The van der Waals surface area contributed by atoms with E-state index in [0.29, 0.717) is 13.1 Å². The van der Waals surface area contributed by atoms with Crippen molar-refractivity contribution in [3.05, 3.63) is 58.6 Å². The number of halogens is 4. The second-order valence-electron chi connectivity index (χ2n) is 6.99. The van der Waals surface area contributed by atoms with E-state index in [9.17, 15) is 26.4 Å². The monoisotopic (exact) mass is 460 g/mol. The molecule has 1 amide bonds. The summed E-state index contributed by atoms with van der Waals surface area (Å²) in [5.41, 5.74) is -1.12. The van der Waals surface area contributed by atoms with Gasteiger partial charge in [-0.15, -0.1) is 0 Å². The third-order valence-corrected chi connectivity index (χ3v) is 7.06. The zero-order chi connectivity index (χ0) is 21.9. The zero-order valence-electron chi connectivity index (χ0n) is 15.9. The number of alkyl halides is 3. The number of rotatable bonds is 4. The number of carbonyl (C=O) groups is 1. The van der Waals surface area contributed by atoms with Crippen LogP contribution in [0.4, 0.5) is 18.9 Å². The van der Waals surface area contributed by atoms with Crippen LogP contribution in [0.5, 0.6) is 0 Å². The molecule has 1 N–H and O–H groups in total. The molecule has 1 heterocycles. The minimum atomic E-state index is -4.56. The van der Waals surface area contributed by atoms with Crippen LogP contribution >= 0.6 is 11.6 Å². The number of hydrogen-bond acceptors (Lipinski definition) is 3. The van der Waals surface area contributed by atoms with Gasteiger partial charge in [0.05, 0.1) is 21.0 Å².